The number of rotatable bonds is 1. The van der Waals surface area contributed by atoms with Gasteiger partial charge in [0.05, 0.1) is 0 Å². The molecule has 66 valence electrons. The van der Waals surface area contributed by atoms with Crippen LogP contribution in [0.3, 0.4) is 0 Å². The Hall–Kier alpha value is -0.760. The molecule has 2 nitrogen and oxygen atoms in total. The molecule has 0 radical (unpaired) electrons. The van der Waals surface area contributed by atoms with Crippen molar-refractivity contribution in [2.24, 2.45) is 0 Å². The molecule has 0 bridgehead atoms. The topological polar surface area (TPSA) is 22.1 Å². The van der Waals surface area contributed by atoms with Crippen LogP contribution in [0.2, 0.25) is 5.15 Å². The predicted molar refractivity (Wildman–Crippen MR) is 49.6 cm³/mol. The molecule has 1 aromatic rings. The third-order valence-electron chi connectivity index (χ3n) is 1.12. The first-order chi connectivity index (χ1) is 5.47. The van der Waals surface area contributed by atoms with E-state index in [1.807, 2.05) is 20.8 Å². The Morgan fingerprint density at radius 3 is 2.58 bits per heavy atom. The fourth-order valence-electron chi connectivity index (χ4n) is 0.802. The molecule has 0 unspecified atom stereocenters. The van der Waals surface area contributed by atoms with Gasteiger partial charge in [-0.15, -0.1) is 0 Å². The van der Waals surface area contributed by atoms with E-state index in [0.717, 1.165) is 5.75 Å². The monoisotopic (exact) mass is 185 g/mol. The van der Waals surface area contributed by atoms with Gasteiger partial charge in [-0.25, -0.2) is 4.98 Å². The molecule has 0 saturated carbocycles. The van der Waals surface area contributed by atoms with Crippen molar-refractivity contribution in [3.05, 3.63) is 23.5 Å². The van der Waals surface area contributed by atoms with E-state index in [9.17, 15) is 0 Å². The molecule has 0 saturated heterocycles. The molecule has 0 amide bonds. The van der Waals surface area contributed by atoms with Crippen LogP contribution >= 0.6 is 11.6 Å². The summed E-state index contributed by atoms with van der Waals surface area (Å²) in [6.07, 6.45) is 1.63. The summed E-state index contributed by atoms with van der Waals surface area (Å²) in [6.45, 7) is 5.96. The van der Waals surface area contributed by atoms with Crippen molar-refractivity contribution in [3.8, 4) is 5.75 Å². The second kappa shape index (κ2) is 3.31. The van der Waals surface area contributed by atoms with Crippen LogP contribution in [0.4, 0.5) is 0 Å². The predicted octanol–water partition coefficient (Wildman–Crippen LogP) is 2.91. The van der Waals surface area contributed by atoms with Crippen molar-refractivity contribution in [1.29, 1.82) is 0 Å². The lowest BCUT2D eigenvalue weighted by Gasteiger charge is -2.20. The molecule has 0 aliphatic heterocycles. The van der Waals surface area contributed by atoms with E-state index in [2.05, 4.69) is 4.98 Å². The van der Waals surface area contributed by atoms with Gasteiger partial charge in [0.1, 0.15) is 16.5 Å². The highest BCUT2D eigenvalue weighted by molar-refractivity contribution is 6.29. The van der Waals surface area contributed by atoms with Crippen LogP contribution in [0.15, 0.2) is 18.3 Å². The Labute approximate surface area is 77.5 Å². The fraction of sp³-hybridized carbons (Fsp3) is 0.444. The summed E-state index contributed by atoms with van der Waals surface area (Å²) in [5.41, 5.74) is -0.190. The molecule has 0 spiro atoms. The Morgan fingerprint density at radius 1 is 1.42 bits per heavy atom. The maximum Gasteiger partial charge on any atom is 0.132 e. The minimum absolute atomic E-state index is 0.190. The fourth-order valence-corrected chi connectivity index (χ4v) is 0.966. The molecule has 1 aromatic heterocycles. The Morgan fingerprint density at radius 2 is 2.08 bits per heavy atom. The SMILES string of the molecule is CC(C)(C)Oc1ccnc(Cl)c1. The highest BCUT2D eigenvalue weighted by Gasteiger charge is 2.11. The maximum absolute atomic E-state index is 5.68. The van der Waals surface area contributed by atoms with E-state index in [1.54, 1.807) is 18.3 Å². The van der Waals surface area contributed by atoms with Crippen LogP contribution in [0.25, 0.3) is 0 Å². The molecular formula is C9H12ClNO. The molecule has 0 aromatic carbocycles. The Kier molecular flexibility index (Phi) is 2.58. The Balaban J connectivity index is 2.77. The standard InChI is InChI=1S/C9H12ClNO/c1-9(2,3)12-7-4-5-11-8(10)6-7/h4-6H,1-3H3. The number of hydrogen-bond acceptors (Lipinski definition) is 2. The summed E-state index contributed by atoms with van der Waals surface area (Å²) >= 11 is 5.68. The lowest BCUT2D eigenvalue weighted by Crippen LogP contribution is -2.22. The van der Waals surface area contributed by atoms with Crippen molar-refractivity contribution in [2.75, 3.05) is 0 Å². The molecule has 0 aliphatic rings. The van der Waals surface area contributed by atoms with Crippen LogP contribution < -0.4 is 4.74 Å². The van der Waals surface area contributed by atoms with Gasteiger partial charge in [-0.1, -0.05) is 11.6 Å². The number of pyridine rings is 1. The Bertz CT molecular complexity index is 267. The highest BCUT2D eigenvalue weighted by Crippen LogP contribution is 2.19. The maximum atomic E-state index is 5.68. The number of nitrogens with zero attached hydrogens (tertiary/aromatic N) is 1. The van der Waals surface area contributed by atoms with Crippen molar-refractivity contribution >= 4 is 11.6 Å². The van der Waals surface area contributed by atoms with Crippen LogP contribution in [0.5, 0.6) is 5.75 Å². The van der Waals surface area contributed by atoms with Gasteiger partial charge < -0.3 is 4.74 Å². The molecule has 0 N–H and O–H groups in total. The molecule has 0 atom stereocenters. The summed E-state index contributed by atoms with van der Waals surface area (Å²) in [5, 5.41) is 0.455. The number of ether oxygens (including phenoxy) is 1. The zero-order chi connectivity index (χ0) is 9.19. The summed E-state index contributed by atoms with van der Waals surface area (Å²) in [6, 6.07) is 3.49. The highest BCUT2D eigenvalue weighted by atomic mass is 35.5. The lowest BCUT2D eigenvalue weighted by molar-refractivity contribution is 0.131. The normalized spacial score (nSPS) is 11.3. The summed E-state index contributed by atoms with van der Waals surface area (Å²) < 4.78 is 5.56. The zero-order valence-corrected chi connectivity index (χ0v) is 8.22. The van der Waals surface area contributed by atoms with E-state index in [4.69, 9.17) is 16.3 Å². The summed E-state index contributed by atoms with van der Waals surface area (Å²) in [4.78, 5) is 3.86. The smallest absolute Gasteiger partial charge is 0.132 e. The molecule has 3 heteroatoms. The van der Waals surface area contributed by atoms with Gasteiger partial charge >= 0.3 is 0 Å². The van der Waals surface area contributed by atoms with E-state index in [0.29, 0.717) is 5.15 Å². The zero-order valence-electron chi connectivity index (χ0n) is 7.47. The first-order valence-electron chi connectivity index (χ1n) is 3.78. The molecule has 0 aliphatic carbocycles. The van der Waals surface area contributed by atoms with Gasteiger partial charge in [0.15, 0.2) is 0 Å². The van der Waals surface area contributed by atoms with Gasteiger partial charge in [-0.05, 0) is 26.8 Å². The van der Waals surface area contributed by atoms with Crippen LogP contribution in [-0.2, 0) is 0 Å². The van der Waals surface area contributed by atoms with Gasteiger partial charge in [0, 0.05) is 12.3 Å². The van der Waals surface area contributed by atoms with Gasteiger partial charge in [0.25, 0.3) is 0 Å². The van der Waals surface area contributed by atoms with Gasteiger partial charge in [0.2, 0.25) is 0 Å². The van der Waals surface area contributed by atoms with Crippen molar-refractivity contribution in [3.63, 3.8) is 0 Å². The van der Waals surface area contributed by atoms with Gasteiger partial charge in [-0.2, -0.15) is 0 Å². The summed E-state index contributed by atoms with van der Waals surface area (Å²) in [7, 11) is 0. The first-order valence-corrected chi connectivity index (χ1v) is 4.16. The second-order valence-electron chi connectivity index (χ2n) is 3.53. The summed E-state index contributed by atoms with van der Waals surface area (Å²) in [5.74, 6) is 0.752. The quantitative estimate of drug-likeness (QED) is 0.628. The van der Waals surface area contributed by atoms with E-state index in [-0.39, 0.29) is 5.60 Å². The molecule has 12 heavy (non-hydrogen) atoms. The van der Waals surface area contributed by atoms with Crippen molar-refractivity contribution in [1.82, 2.24) is 4.98 Å². The second-order valence-corrected chi connectivity index (χ2v) is 3.92. The third kappa shape index (κ3) is 3.09. The minimum Gasteiger partial charge on any atom is -0.488 e. The van der Waals surface area contributed by atoms with Crippen LogP contribution in [-0.4, -0.2) is 10.6 Å². The average molecular weight is 186 g/mol. The number of hydrogen-bond donors (Lipinski definition) is 0. The first kappa shape index (κ1) is 9.33. The van der Waals surface area contributed by atoms with Crippen molar-refractivity contribution in [2.45, 2.75) is 26.4 Å². The molecule has 1 heterocycles. The molecule has 0 fully saturated rings. The third-order valence-corrected chi connectivity index (χ3v) is 1.33. The molecular weight excluding hydrogens is 174 g/mol. The van der Waals surface area contributed by atoms with E-state index in [1.165, 1.54) is 0 Å². The average Bonchev–Trinajstić information content (AvgIpc) is 1.82. The van der Waals surface area contributed by atoms with Crippen LogP contribution in [0, 0.1) is 0 Å². The van der Waals surface area contributed by atoms with Gasteiger partial charge in [-0.3, -0.25) is 0 Å². The van der Waals surface area contributed by atoms with E-state index < -0.39 is 0 Å². The largest absolute Gasteiger partial charge is 0.488 e. The number of aromatic nitrogens is 1. The van der Waals surface area contributed by atoms with Crippen molar-refractivity contribution < 1.29 is 4.74 Å². The molecule has 1 rings (SSSR count). The lowest BCUT2D eigenvalue weighted by atomic mass is 10.2. The van der Waals surface area contributed by atoms with Crippen LogP contribution in [0.1, 0.15) is 20.8 Å². The number of halogens is 1. The minimum atomic E-state index is -0.190. The van der Waals surface area contributed by atoms with E-state index >= 15 is 0 Å².